The minimum atomic E-state index is -0.109. The number of esters is 1. The summed E-state index contributed by atoms with van der Waals surface area (Å²) in [5, 5.41) is 3.50. The van der Waals surface area contributed by atoms with Crippen LogP contribution in [-0.4, -0.2) is 25.7 Å². The number of nitrogens with one attached hydrogen (secondary N) is 1. The highest BCUT2D eigenvalue weighted by molar-refractivity contribution is 5.69. The molecule has 2 saturated carbocycles. The maximum Gasteiger partial charge on any atom is 0.306 e. The van der Waals surface area contributed by atoms with Gasteiger partial charge in [-0.2, -0.15) is 0 Å². The Kier molecular flexibility index (Phi) is 4.22. The molecule has 0 aromatic carbocycles. The number of rotatable bonds is 5. The molecule has 3 nitrogen and oxygen atoms in total. The summed E-state index contributed by atoms with van der Waals surface area (Å²) < 4.78 is 4.63. The van der Waals surface area contributed by atoms with E-state index >= 15 is 0 Å². The number of carbonyl (C=O) groups excluding carboxylic acids is 1. The average Bonchev–Trinajstić information content (AvgIpc) is 3.13. The first-order chi connectivity index (χ1) is 7.79. The fourth-order valence-corrected chi connectivity index (χ4v) is 2.89. The van der Waals surface area contributed by atoms with Crippen molar-refractivity contribution in [3.05, 3.63) is 0 Å². The minimum absolute atomic E-state index is 0.109. The summed E-state index contributed by atoms with van der Waals surface area (Å²) in [6.07, 6.45) is 8.81. The smallest absolute Gasteiger partial charge is 0.306 e. The summed E-state index contributed by atoms with van der Waals surface area (Å²) in [6, 6.07) is 0.643. The fraction of sp³-hybridized carbons (Fsp3) is 0.923. The third-order valence-electron chi connectivity index (χ3n) is 3.99. The van der Waals surface area contributed by atoms with E-state index in [1.165, 1.54) is 45.6 Å². The molecule has 0 aromatic rings. The van der Waals surface area contributed by atoms with Crippen molar-refractivity contribution in [1.29, 1.82) is 0 Å². The van der Waals surface area contributed by atoms with Crippen molar-refractivity contribution in [3.63, 3.8) is 0 Å². The molecule has 92 valence electrons. The molecule has 3 heteroatoms. The Hall–Kier alpha value is -0.570. The van der Waals surface area contributed by atoms with E-state index in [4.69, 9.17) is 0 Å². The maximum absolute atomic E-state index is 11.0. The van der Waals surface area contributed by atoms with Gasteiger partial charge in [0.2, 0.25) is 0 Å². The molecule has 2 unspecified atom stereocenters. The van der Waals surface area contributed by atoms with Crippen molar-refractivity contribution in [3.8, 4) is 0 Å². The zero-order chi connectivity index (χ0) is 11.4. The van der Waals surface area contributed by atoms with Crippen LogP contribution in [0.3, 0.4) is 0 Å². The summed E-state index contributed by atoms with van der Waals surface area (Å²) in [4.78, 5) is 11.0. The highest BCUT2D eigenvalue weighted by atomic mass is 16.5. The molecular formula is C13H23NO2. The van der Waals surface area contributed by atoms with Gasteiger partial charge in [-0.05, 0) is 37.5 Å². The zero-order valence-corrected chi connectivity index (χ0v) is 10.2. The van der Waals surface area contributed by atoms with Crippen LogP contribution in [0, 0.1) is 11.8 Å². The Labute approximate surface area is 97.9 Å². The van der Waals surface area contributed by atoms with Gasteiger partial charge in [-0.25, -0.2) is 0 Å². The largest absolute Gasteiger partial charge is 0.469 e. The first kappa shape index (κ1) is 11.9. The lowest BCUT2D eigenvalue weighted by atomic mass is 9.83. The summed E-state index contributed by atoms with van der Waals surface area (Å²) in [5.41, 5.74) is 0. The Bertz CT molecular complexity index is 238. The van der Waals surface area contributed by atoms with E-state index in [9.17, 15) is 4.79 Å². The van der Waals surface area contributed by atoms with E-state index < -0.39 is 0 Å². The lowest BCUT2D eigenvalue weighted by molar-refractivity contribution is -0.140. The van der Waals surface area contributed by atoms with Crippen LogP contribution in [0.25, 0.3) is 0 Å². The van der Waals surface area contributed by atoms with Gasteiger partial charge in [0.15, 0.2) is 0 Å². The molecule has 2 fully saturated rings. The Balaban J connectivity index is 1.63. The summed E-state index contributed by atoms with van der Waals surface area (Å²) in [6.45, 7) is 0.773. The van der Waals surface area contributed by atoms with Gasteiger partial charge in [-0.1, -0.05) is 12.8 Å². The molecule has 2 rings (SSSR count). The van der Waals surface area contributed by atoms with Gasteiger partial charge in [-0.15, -0.1) is 0 Å². The Morgan fingerprint density at radius 3 is 2.75 bits per heavy atom. The molecule has 0 radical (unpaired) electrons. The number of hydrogen-bond acceptors (Lipinski definition) is 3. The van der Waals surface area contributed by atoms with Crippen LogP contribution in [0.15, 0.2) is 0 Å². The molecular weight excluding hydrogens is 202 g/mol. The monoisotopic (exact) mass is 225 g/mol. The first-order valence-corrected chi connectivity index (χ1v) is 6.60. The second-order valence-electron chi connectivity index (χ2n) is 5.24. The molecule has 2 atom stereocenters. The molecule has 1 N–H and O–H groups in total. The molecule has 0 saturated heterocycles. The number of carbonyl (C=O) groups is 1. The standard InChI is InChI=1S/C13H23NO2/c1-16-13(15)7-8-14-12-4-2-3-11(9-12)10-5-6-10/h10-12,14H,2-9H2,1H3. The molecule has 2 aliphatic carbocycles. The molecule has 0 aromatic heterocycles. The summed E-state index contributed by atoms with van der Waals surface area (Å²) >= 11 is 0. The van der Waals surface area contributed by atoms with Gasteiger partial charge in [0.05, 0.1) is 13.5 Å². The molecule has 0 heterocycles. The normalized spacial score (nSPS) is 30.1. The van der Waals surface area contributed by atoms with Gasteiger partial charge in [-0.3, -0.25) is 4.79 Å². The topological polar surface area (TPSA) is 38.3 Å². The lowest BCUT2D eigenvalue weighted by Gasteiger charge is -2.29. The van der Waals surface area contributed by atoms with Crippen molar-refractivity contribution in [2.45, 2.75) is 51.0 Å². The third-order valence-corrected chi connectivity index (χ3v) is 3.99. The second kappa shape index (κ2) is 5.67. The zero-order valence-electron chi connectivity index (χ0n) is 10.2. The maximum atomic E-state index is 11.0. The molecule has 0 spiro atoms. The van der Waals surface area contributed by atoms with Crippen LogP contribution in [-0.2, 0) is 9.53 Å². The van der Waals surface area contributed by atoms with Crippen molar-refractivity contribution >= 4 is 5.97 Å². The quantitative estimate of drug-likeness (QED) is 0.728. The van der Waals surface area contributed by atoms with Gasteiger partial charge in [0, 0.05) is 12.6 Å². The first-order valence-electron chi connectivity index (χ1n) is 6.60. The van der Waals surface area contributed by atoms with E-state index in [-0.39, 0.29) is 5.97 Å². The van der Waals surface area contributed by atoms with Crippen molar-refractivity contribution < 1.29 is 9.53 Å². The Morgan fingerprint density at radius 1 is 1.25 bits per heavy atom. The van der Waals surface area contributed by atoms with E-state index in [1.807, 2.05) is 0 Å². The van der Waals surface area contributed by atoms with E-state index in [0.29, 0.717) is 12.5 Å². The lowest BCUT2D eigenvalue weighted by Crippen LogP contribution is -2.36. The van der Waals surface area contributed by atoms with E-state index in [2.05, 4.69) is 10.1 Å². The number of hydrogen-bond donors (Lipinski definition) is 1. The predicted molar refractivity (Wildman–Crippen MR) is 63.1 cm³/mol. The third kappa shape index (κ3) is 3.48. The SMILES string of the molecule is COC(=O)CCNC1CCCC(C2CC2)C1. The highest BCUT2D eigenvalue weighted by Gasteiger charge is 2.34. The number of ether oxygens (including phenoxy) is 1. The van der Waals surface area contributed by atoms with Gasteiger partial charge >= 0.3 is 5.97 Å². The Morgan fingerprint density at radius 2 is 2.06 bits per heavy atom. The highest BCUT2D eigenvalue weighted by Crippen LogP contribution is 2.43. The average molecular weight is 225 g/mol. The van der Waals surface area contributed by atoms with Crippen LogP contribution in [0.2, 0.25) is 0 Å². The van der Waals surface area contributed by atoms with Crippen LogP contribution in [0.5, 0.6) is 0 Å². The minimum Gasteiger partial charge on any atom is -0.469 e. The van der Waals surface area contributed by atoms with Crippen molar-refractivity contribution in [2.75, 3.05) is 13.7 Å². The van der Waals surface area contributed by atoms with Crippen LogP contribution >= 0.6 is 0 Å². The molecule has 0 bridgehead atoms. The summed E-state index contributed by atoms with van der Waals surface area (Å²) in [5.74, 6) is 1.89. The second-order valence-corrected chi connectivity index (χ2v) is 5.24. The molecule has 16 heavy (non-hydrogen) atoms. The van der Waals surface area contributed by atoms with Crippen LogP contribution < -0.4 is 5.32 Å². The van der Waals surface area contributed by atoms with Crippen LogP contribution in [0.1, 0.15) is 44.9 Å². The van der Waals surface area contributed by atoms with Crippen molar-refractivity contribution in [1.82, 2.24) is 5.32 Å². The van der Waals surface area contributed by atoms with E-state index in [1.54, 1.807) is 0 Å². The van der Waals surface area contributed by atoms with Gasteiger partial charge in [0.25, 0.3) is 0 Å². The van der Waals surface area contributed by atoms with E-state index in [0.717, 1.165) is 18.4 Å². The van der Waals surface area contributed by atoms with Crippen molar-refractivity contribution in [2.24, 2.45) is 11.8 Å². The van der Waals surface area contributed by atoms with Crippen LogP contribution in [0.4, 0.5) is 0 Å². The molecule has 0 amide bonds. The molecule has 2 aliphatic rings. The predicted octanol–water partition coefficient (Wildman–Crippen LogP) is 2.11. The number of methoxy groups -OCH3 is 1. The summed E-state index contributed by atoms with van der Waals surface area (Å²) in [7, 11) is 1.45. The fourth-order valence-electron chi connectivity index (χ4n) is 2.89. The van der Waals surface area contributed by atoms with Gasteiger partial charge < -0.3 is 10.1 Å². The van der Waals surface area contributed by atoms with Gasteiger partial charge in [0.1, 0.15) is 0 Å². The molecule has 0 aliphatic heterocycles.